The van der Waals surface area contributed by atoms with Gasteiger partial charge in [-0.1, -0.05) is 59.2 Å². The van der Waals surface area contributed by atoms with Crippen LogP contribution in [0.2, 0.25) is 5.02 Å². The molecule has 0 fully saturated rings. The van der Waals surface area contributed by atoms with Crippen molar-refractivity contribution in [3.05, 3.63) is 70.6 Å². The third kappa shape index (κ3) is 4.85. The number of amides is 1. The van der Waals surface area contributed by atoms with E-state index >= 15 is 0 Å². The summed E-state index contributed by atoms with van der Waals surface area (Å²) >= 11 is 6.02. The quantitative estimate of drug-likeness (QED) is 0.700. The molecule has 1 N–H and O–H groups in total. The van der Waals surface area contributed by atoms with Gasteiger partial charge in [-0.25, -0.2) is 0 Å². The van der Waals surface area contributed by atoms with Gasteiger partial charge < -0.3 is 9.84 Å². The first kappa shape index (κ1) is 18.9. The molecule has 5 nitrogen and oxygen atoms in total. The molecule has 140 valence electrons. The van der Waals surface area contributed by atoms with E-state index in [-0.39, 0.29) is 24.7 Å². The van der Waals surface area contributed by atoms with Crippen LogP contribution in [0.1, 0.15) is 17.0 Å². The second kappa shape index (κ2) is 7.79. The van der Waals surface area contributed by atoms with Gasteiger partial charge in [-0.3, -0.25) is 4.79 Å². The molecule has 0 spiro atoms. The maximum absolute atomic E-state index is 12.5. The largest absolute Gasteiger partial charge is 0.471 e. The zero-order valence-corrected chi connectivity index (χ0v) is 14.5. The molecule has 0 atom stereocenters. The van der Waals surface area contributed by atoms with Gasteiger partial charge in [0.2, 0.25) is 11.7 Å². The van der Waals surface area contributed by atoms with E-state index in [2.05, 4.69) is 20.0 Å². The van der Waals surface area contributed by atoms with E-state index in [0.29, 0.717) is 10.6 Å². The summed E-state index contributed by atoms with van der Waals surface area (Å²) in [4.78, 5) is 15.3. The Morgan fingerprint density at radius 2 is 1.81 bits per heavy atom. The number of nitrogens with zero attached hydrogens (tertiary/aromatic N) is 2. The van der Waals surface area contributed by atoms with Gasteiger partial charge in [0.05, 0.1) is 6.42 Å². The van der Waals surface area contributed by atoms with Crippen molar-refractivity contribution in [2.45, 2.75) is 19.1 Å². The topological polar surface area (TPSA) is 68.0 Å². The van der Waals surface area contributed by atoms with Crippen LogP contribution < -0.4 is 5.32 Å². The first-order chi connectivity index (χ1) is 12.8. The molecule has 3 aromatic rings. The second-order valence-electron chi connectivity index (χ2n) is 5.66. The minimum atomic E-state index is -4.68. The van der Waals surface area contributed by atoms with Crippen LogP contribution >= 0.6 is 11.6 Å². The van der Waals surface area contributed by atoms with Gasteiger partial charge in [0.1, 0.15) is 0 Å². The summed E-state index contributed by atoms with van der Waals surface area (Å²) in [7, 11) is 0. The first-order valence-electron chi connectivity index (χ1n) is 7.83. The highest BCUT2D eigenvalue weighted by atomic mass is 35.5. The molecule has 9 heteroatoms. The Morgan fingerprint density at radius 3 is 2.44 bits per heavy atom. The van der Waals surface area contributed by atoms with Gasteiger partial charge in [-0.2, -0.15) is 18.2 Å². The van der Waals surface area contributed by atoms with Crippen LogP contribution in [0.25, 0.3) is 11.4 Å². The summed E-state index contributed by atoms with van der Waals surface area (Å²) in [5.74, 6) is -1.75. The number of rotatable bonds is 5. The highest BCUT2D eigenvalue weighted by molar-refractivity contribution is 6.31. The van der Waals surface area contributed by atoms with Crippen LogP contribution in [0.3, 0.4) is 0 Å². The van der Waals surface area contributed by atoms with Crippen molar-refractivity contribution in [2.24, 2.45) is 0 Å². The molecule has 1 aromatic heterocycles. The zero-order chi connectivity index (χ0) is 19.4. The van der Waals surface area contributed by atoms with Gasteiger partial charge >= 0.3 is 12.1 Å². The number of halogens is 4. The van der Waals surface area contributed by atoms with Crippen molar-refractivity contribution >= 4 is 17.5 Å². The first-order valence-corrected chi connectivity index (χ1v) is 8.21. The lowest BCUT2D eigenvalue weighted by Crippen LogP contribution is -2.24. The van der Waals surface area contributed by atoms with Crippen molar-refractivity contribution in [3.8, 4) is 11.4 Å². The molecule has 0 bridgehead atoms. The highest BCUT2D eigenvalue weighted by Gasteiger charge is 2.38. The smallest absolute Gasteiger partial charge is 0.352 e. The Balaban J connectivity index is 1.58. The van der Waals surface area contributed by atoms with Crippen LogP contribution in [0.5, 0.6) is 0 Å². The highest BCUT2D eigenvalue weighted by Crippen LogP contribution is 2.29. The fraction of sp³-hybridized carbons (Fsp3) is 0.167. The molecule has 0 unspecified atom stereocenters. The molecule has 0 radical (unpaired) electrons. The average Bonchev–Trinajstić information content (AvgIpc) is 3.13. The number of carbonyl (C=O) groups excluding carboxylic acids is 1. The van der Waals surface area contributed by atoms with Gasteiger partial charge in [0.25, 0.3) is 0 Å². The van der Waals surface area contributed by atoms with E-state index in [1.54, 1.807) is 48.5 Å². The number of aromatic nitrogens is 2. The number of hydrogen-bond donors (Lipinski definition) is 1. The molecule has 3 rings (SSSR count). The summed E-state index contributed by atoms with van der Waals surface area (Å²) in [6, 6.07) is 13.5. The fourth-order valence-corrected chi connectivity index (χ4v) is 2.51. The third-order valence-corrected chi connectivity index (χ3v) is 4.05. The standard InChI is InChI=1S/C18H13ClF3N3O2/c19-14-4-2-1-3-13(14)9-15(26)23-10-11-5-7-12(8-6-11)16-24-17(27-25-16)18(20,21)22/h1-8H,9-10H2,(H,23,26). The summed E-state index contributed by atoms with van der Waals surface area (Å²) in [6.45, 7) is 0.267. The molecule has 1 amide bonds. The lowest BCUT2D eigenvalue weighted by molar-refractivity contribution is -0.159. The predicted molar refractivity (Wildman–Crippen MR) is 91.7 cm³/mol. The molecule has 0 aliphatic carbocycles. The summed E-state index contributed by atoms with van der Waals surface area (Å²) in [5.41, 5.74) is 1.87. The molecule has 0 saturated heterocycles. The Kier molecular flexibility index (Phi) is 5.46. The number of nitrogens with one attached hydrogen (secondary N) is 1. The van der Waals surface area contributed by atoms with Gasteiger partial charge in [-0.05, 0) is 17.2 Å². The number of carbonyl (C=O) groups is 1. The van der Waals surface area contributed by atoms with Gasteiger partial charge in [-0.15, -0.1) is 0 Å². The Bertz CT molecular complexity index is 940. The van der Waals surface area contributed by atoms with Crippen LogP contribution in [0.4, 0.5) is 13.2 Å². The number of hydrogen-bond acceptors (Lipinski definition) is 4. The third-order valence-electron chi connectivity index (χ3n) is 3.68. The molecule has 0 aliphatic rings. The Hall–Kier alpha value is -2.87. The Morgan fingerprint density at radius 1 is 1.11 bits per heavy atom. The molecule has 0 aliphatic heterocycles. The minimum Gasteiger partial charge on any atom is -0.352 e. The van der Waals surface area contributed by atoms with Crippen molar-refractivity contribution in [3.63, 3.8) is 0 Å². The van der Waals surface area contributed by atoms with E-state index in [1.807, 2.05) is 0 Å². The van der Waals surface area contributed by atoms with E-state index in [0.717, 1.165) is 11.1 Å². The van der Waals surface area contributed by atoms with Gasteiger partial charge in [0.15, 0.2) is 0 Å². The summed E-state index contributed by atoms with van der Waals surface area (Å²) < 4.78 is 41.7. The predicted octanol–water partition coefficient (Wildman–Crippen LogP) is 4.27. The van der Waals surface area contributed by atoms with Gasteiger partial charge in [0, 0.05) is 17.1 Å². The zero-order valence-electron chi connectivity index (χ0n) is 13.8. The molecule has 0 saturated carbocycles. The van der Waals surface area contributed by atoms with Crippen LogP contribution in [0.15, 0.2) is 53.1 Å². The van der Waals surface area contributed by atoms with Crippen molar-refractivity contribution in [1.82, 2.24) is 15.5 Å². The van der Waals surface area contributed by atoms with E-state index < -0.39 is 12.1 Å². The maximum atomic E-state index is 12.5. The SMILES string of the molecule is O=C(Cc1ccccc1Cl)NCc1ccc(-c2noc(C(F)(F)F)n2)cc1. The minimum absolute atomic E-state index is 0.154. The molecular formula is C18H13ClF3N3O2. The summed E-state index contributed by atoms with van der Waals surface area (Å²) in [6.07, 6.45) is -4.53. The normalized spacial score (nSPS) is 11.4. The lowest BCUT2D eigenvalue weighted by atomic mass is 10.1. The van der Waals surface area contributed by atoms with E-state index in [1.165, 1.54) is 0 Å². The van der Waals surface area contributed by atoms with Crippen molar-refractivity contribution in [1.29, 1.82) is 0 Å². The van der Waals surface area contributed by atoms with E-state index in [4.69, 9.17) is 11.6 Å². The second-order valence-corrected chi connectivity index (χ2v) is 6.07. The molecule has 1 heterocycles. The number of benzene rings is 2. The summed E-state index contributed by atoms with van der Waals surface area (Å²) in [5, 5.41) is 6.61. The average molecular weight is 396 g/mol. The monoisotopic (exact) mass is 395 g/mol. The fourth-order valence-electron chi connectivity index (χ4n) is 2.31. The van der Waals surface area contributed by atoms with Crippen LogP contribution in [-0.4, -0.2) is 16.0 Å². The number of alkyl halides is 3. The van der Waals surface area contributed by atoms with Crippen molar-refractivity contribution < 1.29 is 22.5 Å². The molecule has 2 aromatic carbocycles. The molecule has 27 heavy (non-hydrogen) atoms. The van der Waals surface area contributed by atoms with Crippen molar-refractivity contribution in [2.75, 3.05) is 0 Å². The van der Waals surface area contributed by atoms with Crippen LogP contribution in [-0.2, 0) is 23.9 Å². The molecular weight excluding hydrogens is 383 g/mol. The Labute approximate surface area is 157 Å². The van der Waals surface area contributed by atoms with E-state index in [9.17, 15) is 18.0 Å². The maximum Gasteiger partial charge on any atom is 0.471 e. The van der Waals surface area contributed by atoms with Crippen LogP contribution in [0, 0.1) is 0 Å². The lowest BCUT2D eigenvalue weighted by Gasteiger charge is -2.07.